The monoisotopic (exact) mass is 914 g/mol. The number of piperidine rings is 3. The Morgan fingerprint density at radius 1 is 1.02 bits per heavy atom. The molecule has 1 amide bonds. The Morgan fingerprint density at radius 2 is 1.78 bits per heavy atom. The van der Waals surface area contributed by atoms with Gasteiger partial charge in [-0.2, -0.15) is 0 Å². The molecule has 3 saturated heterocycles. The number of phenolic OH excluding ortho intramolecular Hbond substituents is 1. The van der Waals surface area contributed by atoms with Gasteiger partial charge in [-0.25, -0.2) is 0 Å². The second kappa shape index (κ2) is 20.4. The van der Waals surface area contributed by atoms with E-state index in [2.05, 4.69) is 78.6 Å². The second-order valence-electron chi connectivity index (χ2n) is 19.5. The number of halogens is 1. The zero-order valence-corrected chi connectivity index (χ0v) is 40.2. The molecule has 346 valence electrons. The van der Waals surface area contributed by atoms with Crippen LogP contribution >= 0.6 is 11.6 Å². The first-order chi connectivity index (χ1) is 30.6. The largest absolute Gasteiger partial charge is 0.506 e. The molecule has 0 spiro atoms. The van der Waals surface area contributed by atoms with E-state index in [1.54, 1.807) is 31.4 Å². The maximum absolute atomic E-state index is 14.0. The average molecular weight is 916 g/mol. The molecule has 1 aliphatic carbocycles. The summed E-state index contributed by atoms with van der Waals surface area (Å²) in [6, 6.07) is 18.5. The summed E-state index contributed by atoms with van der Waals surface area (Å²) in [5.41, 5.74) is 3.32. The Hall–Kier alpha value is -4.40. The Morgan fingerprint density at radius 3 is 2.48 bits per heavy atom. The number of esters is 1. The van der Waals surface area contributed by atoms with Gasteiger partial charge in [-0.1, -0.05) is 82.0 Å². The summed E-state index contributed by atoms with van der Waals surface area (Å²) in [6.45, 7) is 15.1. The molecule has 4 aliphatic rings. The maximum Gasteiger partial charge on any atom is 0.316 e. The number of phenols is 1. The van der Waals surface area contributed by atoms with Crippen molar-refractivity contribution < 1.29 is 33.3 Å². The molecule has 4 aromatic rings. The normalized spacial score (nSPS) is 20.1. The minimum absolute atomic E-state index is 0.00103. The van der Waals surface area contributed by atoms with Gasteiger partial charge in [0, 0.05) is 49.3 Å². The number of hydrogen-bond acceptors (Lipinski definition) is 10. The zero-order valence-electron chi connectivity index (χ0n) is 38.4. The smallest absolute Gasteiger partial charge is 0.316 e. The van der Waals surface area contributed by atoms with E-state index < -0.39 is 19.8 Å². The molecule has 2 bridgehead atoms. The molecule has 4 N–H and O–H groups in total. The van der Waals surface area contributed by atoms with Crippen molar-refractivity contribution in [3.05, 3.63) is 98.3 Å². The summed E-state index contributed by atoms with van der Waals surface area (Å²) in [6.07, 6.45) is 8.14. The summed E-state index contributed by atoms with van der Waals surface area (Å²) in [5.74, 6) is 1.05. The number of methoxy groups -OCH3 is 1. The van der Waals surface area contributed by atoms with Gasteiger partial charge in [-0.15, -0.1) is 0 Å². The molecule has 3 aliphatic heterocycles. The van der Waals surface area contributed by atoms with Crippen molar-refractivity contribution in [2.75, 3.05) is 46.4 Å². The van der Waals surface area contributed by atoms with Crippen LogP contribution in [0.15, 0.2) is 65.5 Å². The van der Waals surface area contributed by atoms with E-state index in [-0.39, 0.29) is 40.9 Å². The molecular weight excluding hydrogens is 848 g/mol. The van der Waals surface area contributed by atoms with Crippen LogP contribution in [0, 0.1) is 5.92 Å². The molecule has 8 rings (SSSR count). The Kier molecular flexibility index (Phi) is 15.2. The summed E-state index contributed by atoms with van der Waals surface area (Å²) in [7, 11) is -0.703. The van der Waals surface area contributed by atoms with Crippen LogP contribution in [0.5, 0.6) is 17.2 Å². The van der Waals surface area contributed by atoms with Gasteiger partial charge in [0.15, 0.2) is 14.9 Å². The molecule has 12 nitrogen and oxygen atoms in total. The second-order valence-corrected chi connectivity index (χ2v) is 24.7. The third-order valence-electron chi connectivity index (χ3n) is 14.2. The quantitative estimate of drug-likeness (QED) is 0.0434. The average Bonchev–Trinajstić information content (AvgIpc) is 3.28. The maximum atomic E-state index is 14.0. The lowest BCUT2D eigenvalue weighted by molar-refractivity contribution is -0.167. The molecule has 4 heterocycles. The van der Waals surface area contributed by atoms with Gasteiger partial charge in [-0.3, -0.25) is 19.3 Å². The lowest BCUT2D eigenvalue weighted by Crippen LogP contribution is -2.53. The van der Waals surface area contributed by atoms with Crippen LogP contribution in [0.4, 0.5) is 0 Å². The summed E-state index contributed by atoms with van der Waals surface area (Å²) in [5, 5.41) is 18.1. The number of aromatic nitrogens is 1. The van der Waals surface area contributed by atoms with Crippen molar-refractivity contribution in [1.82, 2.24) is 20.5 Å². The van der Waals surface area contributed by atoms with Gasteiger partial charge >= 0.3 is 5.97 Å². The summed E-state index contributed by atoms with van der Waals surface area (Å²) >= 11 is 6.72. The number of amides is 1. The van der Waals surface area contributed by atoms with Gasteiger partial charge in [0.05, 0.1) is 29.2 Å². The minimum atomic E-state index is -2.28. The van der Waals surface area contributed by atoms with Crippen LogP contribution in [-0.4, -0.2) is 87.7 Å². The number of benzene rings is 3. The first-order valence-electron chi connectivity index (χ1n) is 23.1. The first kappa shape index (κ1) is 47.6. The standard InChI is InChI=1S/C50H67ClN4O8Si/c1-49(2,3)64(5,6)63-43(37-15-17-40(56)47-38(37)16-18-45(57)54-47)30-52-29-35-27-39(51)42(28-41(35)60-4)61-32-46(58)53-23-11-13-33-12-10-14-36(26-33)50(21-8-7-9-22-50)48(59)62-44-31-55-24-19-34(44)20-25-55/h10,12,14-18,26-28,34,43-44,52,56H,7-9,11,13,19-25,29-32H2,1-6H3,(H,53,58)(H,54,57)/t43-,44?/m0/s1. The highest BCUT2D eigenvalue weighted by Crippen LogP contribution is 2.44. The van der Waals surface area contributed by atoms with Gasteiger partial charge < -0.3 is 39.4 Å². The number of pyridine rings is 1. The van der Waals surface area contributed by atoms with Gasteiger partial charge in [0.2, 0.25) is 5.56 Å². The Balaban J connectivity index is 0.919. The number of carbonyl (C=O) groups excluding carboxylic acids is 2. The number of aryl methyl sites for hydroxylation is 1. The number of ether oxygens (including phenoxy) is 3. The molecule has 4 fully saturated rings. The van der Waals surface area contributed by atoms with Crippen LogP contribution < -0.4 is 25.7 Å². The molecule has 64 heavy (non-hydrogen) atoms. The van der Waals surface area contributed by atoms with E-state index in [0.717, 1.165) is 99.7 Å². The fourth-order valence-electron chi connectivity index (χ4n) is 9.44. The lowest BCUT2D eigenvalue weighted by atomic mass is 9.69. The molecule has 3 aromatic carbocycles. The molecule has 1 aromatic heterocycles. The van der Waals surface area contributed by atoms with Crippen LogP contribution in [0.25, 0.3) is 10.9 Å². The van der Waals surface area contributed by atoms with Crippen molar-refractivity contribution in [3.8, 4) is 17.2 Å². The molecule has 1 unspecified atom stereocenters. The van der Waals surface area contributed by atoms with E-state index in [9.17, 15) is 19.5 Å². The lowest BCUT2D eigenvalue weighted by Gasteiger charge is -2.45. The highest BCUT2D eigenvalue weighted by molar-refractivity contribution is 6.74. The first-order valence-corrected chi connectivity index (χ1v) is 26.4. The number of nitrogens with zero attached hydrogens (tertiary/aromatic N) is 1. The molecule has 2 atom stereocenters. The van der Waals surface area contributed by atoms with E-state index in [4.69, 9.17) is 30.2 Å². The van der Waals surface area contributed by atoms with Gasteiger partial charge in [0.25, 0.3) is 5.91 Å². The summed E-state index contributed by atoms with van der Waals surface area (Å²) in [4.78, 5) is 44.3. The minimum Gasteiger partial charge on any atom is -0.506 e. The van der Waals surface area contributed by atoms with Gasteiger partial charge in [0.1, 0.15) is 23.4 Å². The predicted octanol–water partition coefficient (Wildman–Crippen LogP) is 8.72. The molecular formula is C50H67ClN4O8Si. The van der Waals surface area contributed by atoms with E-state index >= 15 is 0 Å². The predicted molar refractivity (Wildman–Crippen MR) is 254 cm³/mol. The molecule has 14 heteroatoms. The van der Waals surface area contributed by atoms with Crippen molar-refractivity contribution in [2.45, 2.75) is 121 Å². The SMILES string of the molecule is COc1cc(OCC(=O)NCCCc2cccc(C3(C(=O)OC4CN5CCC4CC5)CCCCC3)c2)c(Cl)cc1CNC[C@H](O[Si](C)(C)C(C)(C)C)c1ccc(O)c2[nH]c(=O)ccc12. The number of nitrogens with one attached hydrogen (secondary N) is 3. The van der Waals surface area contributed by atoms with Crippen LogP contribution in [-0.2, 0) is 37.1 Å². The fourth-order valence-corrected chi connectivity index (χ4v) is 11.0. The number of aromatic amines is 1. The van der Waals surface area contributed by atoms with Gasteiger partial charge in [-0.05, 0) is 111 Å². The number of fused-ring (bicyclic) bond motifs is 4. The fraction of sp³-hybridized carbons (Fsp3) is 0.540. The third-order valence-corrected chi connectivity index (χ3v) is 19.0. The Bertz CT molecular complexity index is 2330. The van der Waals surface area contributed by atoms with Crippen LogP contribution in [0.1, 0.15) is 100 Å². The Labute approximate surface area is 383 Å². The van der Waals surface area contributed by atoms with Crippen LogP contribution in [0.3, 0.4) is 0 Å². The van der Waals surface area contributed by atoms with Crippen molar-refractivity contribution >= 4 is 42.7 Å². The highest BCUT2D eigenvalue weighted by atomic mass is 35.5. The number of rotatable bonds is 18. The van der Waals surface area contributed by atoms with E-state index in [1.165, 1.54) is 6.07 Å². The number of aromatic hydroxyl groups is 1. The third kappa shape index (κ3) is 11.0. The number of carbonyl (C=O) groups is 2. The van der Waals surface area contributed by atoms with E-state index in [1.807, 2.05) is 6.07 Å². The number of hydrogen-bond donors (Lipinski definition) is 4. The van der Waals surface area contributed by atoms with Crippen molar-refractivity contribution in [1.29, 1.82) is 0 Å². The highest BCUT2D eigenvalue weighted by Gasteiger charge is 2.46. The zero-order chi connectivity index (χ0) is 45.6. The van der Waals surface area contributed by atoms with E-state index in [0.29, 0.717) is 53.0 Å². The van der Waals surface area contributed by atoms with Crippen molar-refractivity contribution in [3.63, 3.8) is 0 Å². The summed E-state index contributed by atoms with van der Waals surface area (Å²) < 4.78 is 25.0. The number of H-pyrrole nitrogens is 1. The topological polar surface area (TPSA) is 151 Å². The molecule has 0 radical (unpaired) electrons. The van der Waals surface area contributed by atoms with Crippen molar-refractivity contribution in [2.24, 2.45) is 5.92 Å². The molecule has 1 saturated carbocycles. The van der Waals surface area contributed by atoms with Crippen LogP contribution in [0.2, 0.25) is 23.2 Å².